The zero-order chi connectivity index (χ0) is 19.7. The fraction of sp³-hybridized carbons (Fsp3) is 0.318. The third kappa shape index (κ3) is 5.29. The Morgan fingerprint density at radius 3 is 2.19 bits per heavy atom. The molecular formula is C22H25N3OSi. The second-order valence-electron chi connectivity index (χ2n) is 6.33. The minimum Gasteiger partial charge on any atom is -0.497 e. The third-order valence-electron chi connectivity index (χ3n) is 4.97. The molecule has 0 spiro atoms. The van der Waals surface area contributed by atoms with Crippen LogP contribution in [0.4, 0.5) is 11.4 Å². The molecule has 0 aliphatic carbocycles. The summed E-state index contributed by atoms with van der Waals surface area (Å²) in [7, 11) is 0.0935. The van der Waals surface area contributed by atoms with E-state index in [1.54, 1.807) is 31.4 Å². The smallest absolute Gasteiger partial charge is 0.138 e. The van der Waals surface area contributed by atoms with E-state index in [0.29, 0.717) is 11.3 Å². The monoisotopic (exact) mass is 375 g/mol. The zero-order valence-electron chi connectivity index (χ0n) is 16.4. The fourth-order valence-electron chi connectivity index (χ4n) is 2.76. The number of methoxy groups -OCH3 is 1. The highest BCUT2D eigenvalue weighted by atomic mass is 28.3. The summed E-state index contributed by atoms with van der Waals surface area (Å²) >= 11 is 0. The van der Waals surface area contributed by atoms with Crippen molar-refractivity contribution in [1.82, 2.24) is 0 Å². The first kappa shape index (κ1) is 20.4. The molecule has 0 N–H and O–H groups in total. The lowest BCUT2D eigenvalue weighted by atomic mass is 10.2. The molecule has 0 atom stereocenters. The van der Waals surface area contributed by atoms with Gasteiger partial charge in [-0.25, -0.2) is 0 Å². The minimum atomic E-state index is -1.55. The summed E-state index contributed by atoms with van der Waals surface area (Å²) in [4.78, 5) is 0. The average molecular weight is 376 g/mol. The summed E-state index contributed by atoms with van der Waals surface area (Å²) in [6, 6.07) is 18.2. The Labute approximate surface area is 162 Å². The van der Waals surface area contributed by atoms with Crippen molar-refractivity contribution in [2.45, 2.75) is 38.9 Å². The molecule has 0 saturated carbocycles. The van der Waals surface area contributed by atoms with Crippen LogP contribution < -0.4 is 4.74 Å². The number of hydrogen-bond acceptors (Lipinski definition) is 4. The van der Waals surface area contributed by atoms with Crippen LogP contribution in [0.1, 0.15) is 31.9 Å². The van der Waals surface area contributed by atoms with E-state index < -0.39 is 8.07 Å². The number of azo groups is 1. The van der Waals surface area contributed by atoms with Gasteiger partial charge in [0.05, 0.1) is 30.0 Å². The molecule has 0 aliphatic rings. The molecule has 27 heavy (non-hydrogen) atoms. The van der Waals surface area contributed by atoms with Crippen LogP contribution in [-0.2, 0) is 0 Å². The lowest BCUT2D eigenvalue weighted by Crippen LogP contribution is -2.29. The normalized spacial score (nSPS) is 10.9. The molecule has 4 nitrogen and oxygen atoms in total. The lowest BCUT2D eigenvalue weighted by molar-refractivity contribution is 0.414. The molecule has 0 radical (unpaired) electrons. The number of rotatable bonds is 6. The maximum Gasteiger partial charge on any atom is 0.138 e. The van der Waals surface area contributed by atoms with Crippen molar-refractivity contribution in [3.05, 3.63) is 53.6 Å². The molecule has 2 aromatic carbocycles. The molecule has 0 bridgehead atoms. The van der Waals surface area contributed by atoms with E-state index in [0.717, 1.165) is 35.1 Å². The summed E-state index contributed by atoms with van der Waals surface area (Å²) in [6.07, 6.45) is 0. The van der Waals surface area contributed by atoms with Crippen LogP contribution in [0.3, 0.4) is 0 Å². The maximum absolute atomic E-state index is 8.88. The van der Waals surface area contributed by atoms with Crippen molar-refractivity contribution >= 4 is 19.4 Å². The zero-order valence-corrected chi connectivity index (χ0v) is 17.4. The second kappa shape index (κ2) is 9.71. The molecule has 5 heteroatoms. The van der Waals surface area contributed by atoms with E-state index in [1.807, 2.05) is 18.2 Å². The predicted molar refractivity (Wildman–Crippen MR) is 112 cm³/mol. The molecule has 0 amide bonds. The van der Waals surface area contributed by atoms with Gasteiger partial charge in [0.1, 0.15) is 19.5 Å². The number of hydrogen-bond donors (Lipinski definition) is 0. The van der Waals surface area contributed by atoms with Crippen LogP contribution in [0, 0.1) is 22.8 Å². The summed E-state index contributed by atoms with van der Waals surface area (Å²) in [6.45, 7) is 6.72. The highest BCUT2D eigenvalue weighted by Crippen LogP contribution is 2.27. The summed E-state index contributed by atoms with van der Waals surface area (Å²) < 4.78 is 5.35. The Kier molecular flexibility index (Phi) is 7.34. The third-order valence-corrected chi connectivity index (χ3v) is 9.68. The quantitative estimate of drug-likeness (QED) is 0.334. The van der Waals surface area contributed by atoms with Gasteiger partial charge in [-0.05, 0) is 60.6 Å². The molecule has 0 fully saturated rings. The first-order valence-electron chi connectivity index (χ1n) is 9.22. The number of benzene rings is 2. The Bertz CT molecular complexity index is 890. The second-order valence-corrected chi connectivity index (χ2v) is 11.3. The Hall–Kier alpha value is -2.89. The van der Waals surface area contributed by atoms with Crippen LogP contribution in [0.15, 0.2) is 52.7 Å². The highest BCUT2D eigenvalue weighted by Gasteiger charge is 2.24. The molecule has 0 unspecified atom stereocenters. The molecule has 0 aliphatic heterocycles. The van der Waals surface area contributed by atoms with Gasteiger partial charge < -0.3 is 4.74 Å². The number of ether oxygens (including phenoxy) is 1. The van der Waals surface area contributed by atoms with Crippen molar-refractivity contribution in [3.63, 3.8) is 0 Å². The fourth-order valence-corrected chi connectivity index (χ4v) is 5.19. The topological polar surface area (TPSA) is 57.7 Å². The summed E-state index contributed by atoms with van der Waals surface area (Å²) in [5.74, 6) is 4.13. The first-order valence-corrected chi connectivity index (χ1v) is 11.8. The van der Waals surface area contributed by atoms with Crippen molar-refractivity contribution in [1.29, 1.82) is 5.26 Å². The molecule has 2 aromatic rings. The van der Waals surface area contributed by atoms with Crippen LogP contribution in [0.5, 0.6) is 5.75 Å². The van der Waals surface area contributed by atoms with Gasteiger partial charge in [-0.15, -0.1) is 10.7 Å². The van der Waals surface area contributed by atoms with Crippen LogP contribution in [0.2, 0.25) is 18.1 Å². The van der Waals surface area contributed by atoms with Gasteiger partial charge in [0.15, 0.2) is 0 Å². The molecule has 2 rings (SSSR count). The Morgan fingerprint density at radius 1 is 0.963 bits per heavy atom. The Balaban J connectivity index is 2.39. The minimum absolute atomic E-state index is 0.602. The van der Waals surface area contributed by atoms with Gasteiger partial charge in [0, 0.05) is 0 Å². The van der Waals surface area contributed by atoms with Crippen LogP contribution >= 0.6 is 0 Å². The SMILES string of the molecule is CC[Si](C#Cc1cc(OC)ccc1N=Nc1ccc(C#N)cc1)(CC)CC. The molecule has 138 valence electrons. The first-order chi connectivity index (χ1) is 13.1. The van der Waals surface area contributed by atoms with E-state index >= 15 is 0 Å². The van der Waals surface area contributed by atoms with Gasteiger partial charge in [-0.3, -0.25) is 0 Å². The van der Waals surface area contributed by atoms with Crippen molar-refractivity contribution in [2.75, 3.05) is 7.11 Å². The van der Waals surface area contributed by atoms with Gasteiger partial charge >= 0.3 is 0 Å². The van der Waals surface area contributed by atoms with E-state index in [1.165, 1.54) is 0 Å². The van der Waals surface area contributed by atoms with E-state index in [4.69, 9.17) is 10.00 Å². The van der Waals surface area contributed by atoms with Gasteiger partial charge in [-0.2, -0.15) is 10.4 Å². The van der Waals surface area contributed by atoms with Gasteiger partial charge in [-0.1, -0.05) is 26.7 Å². The number of nitriles is 1. The van der Waals surface area contributed by atoms with Crippen molar-refractivity contribution < 1.29 is 4.74 Å². The van der Waals surface area contributed by atoms with E-state index in [2.05, 4.69) is 48.5 Å². The summed E-state index contributed by atoms with van der Waals surface area (Å²) in [5, 5.41) is 17.6. The summed E-state index contributed by atoms with van der Waals surface area (Å²) in [5.41, 5.74) is 6.45. The van der Waals surface area contributed by atoms with E-state index in [9.17, 15) is 0 Å². The van der Waals surface area contributed by atoms with Crippen LogP contribution in [-0.4, -0.2) is 15.2 Å². The maximum atomic E-state index is 8.88. The molecule has 0 aromatic heterocycles. The predicted octanol–water partition coefficient (Wildman–Crippen LogP) is 6.38. The van der Waals surface area contributed by atoms with Crippen molar-refractivity contribution in [3.8, 4) is 23.3 Å². The van der Waals surface area contributed by atoms with Crippen molar-refractivity contribution in [2.24, 2.45) is 10.2 Å². The highest BCUT2D eigenvalue weighted by molar-refractivity contribution is 6.87. The molecule has 0 saturated heterocycles. The van der Waals surface area contributed by atoms with E-state index in [-0.39, 0.29) is 0 Å². The largest absolute Gasteiger partial charge is 0.497 e. The molecular weight excluding hydrogens is 350 g/mol. The van der Waals surface area contributed by atoms with Gasteiger partial charge in [0.25, 0.3) is 0 Å². The van der Waals surface area contributed by atoms with Crippen LogP contribution in [0.25, 0.3) is 0 Å². The standard InChI is InChI=1S/C22H25N3OSi/c1-5-27(6-2,7-3)15-14-19-16-21(26-4)12-13-22(19)25-24-20-10-8-18(17-23)9-11-20/h8-13,16H,5-7H2,1-4H3. The number of nitrogens with zero attached hydrogens (tertiary/aromatic N) is 3. The van der Waals surface area contributed by atoms with Gasteiger partial charge in [0.2, 0.25) is 0 Å². The Morgan fingerprint density at radius 2 is 1.63 bits per heavy atom. The molecule has 0 heterocycles. The lowest BCUT2D eigenvalue weighted by Gasteiger charge is -2.20. The average Bonchev–Trinajstić information content (AvgIpc) is 2.74.